The highest BCUT2D eigenvalue weighted by Gasteiger charge is 2.12. The number of nitrogens with two attached hydrogens (primary N) is 1. The van der Waals surface area contributed by atoms with Crippen LogP contribution in [-0.2, 0) is 13.1 Å². The summed E-state index contributed by atoms with van der Waals surface area (Å²) in [5.74, 6) is 1.56. The highest BCUT2D eigenvalue weighted by molar-refractivity contribution is 5.37. The van der Waals surface area contributed by atoms with E-state index in [9.17, 15) is 0 Å². The second-order valence-corrected chi connectivity index (χ2v) is 5.77. The lowest BCUT2D eigenvalue weighted by Gasteiger charge is -2.28. The van der Waals surface area contributed by atoms with Crippen molar-refractivity contribution in [1.82, 2.24) is 4.90 Å². The van der Waals surface area contributed by atoms with Crippen LogP contribution < -0.4 is 10.5 Å². The first kappa shape index (κ1) is 16.0. The van der Waals surface area contributed by atoms with Crippen molar-refractivity contribution in [2.24, 2.45) is 11.7 Å². The van der Waals surface area contributed by atoms with Gasteiger partial charge in [0.05, 0.1) is 7.11 Å². The predicted molar refractivity (Wildman–Crippen MR) is 81.3 cm³/mol. The summed E-state index contributed by atoms with van der Waals surface area (Å²) in [5.41, 5.74) is 8.15. The van der Waals surface area contributed by atoms with Gasteiger partial charge < -0.3 is 10.5 Å². The van der Waals surface area contributed by atoms with Crippen LogP contribution in [-0.4, -0.2) is 24.6 Å². The molecule has 0 aliphatic carbocycles. The average Bonchev–Trinajstić information content (AvgIpc) is 2.37. The maximum Gasteiger partial charge on any atom is 0.123 e. The van der Waals surface area contributed by atoms with E-state index < -0.39 is 0 Å². The lowest BCUT2D eigenvalue weighted by Crippen LogP contribution is -2.33. The zero-order valence-electron chi connectivity index (χ0n) is 12.9. The molecule has 0 atom stereocenters. The van der Waals surface area contributed by atoms with Crippen LogP contribution in [0.4, 0.5) is 0 Å². The van der Waals surface area contributed by atoms with Crippen molar-refractivity contribution >= 4 is 0 Å². The molecule has 0 heterocycles. The van der Waals surface area contributed by atoms with Crippen LogP contribution in [0.25, 0.3) is 0 Å². The number of ether oxygens (including phenoxy) is 1. The van der Waals surface area contributed by atoms with Crippen LogP contribution in [0.5, 0.6) is 5.75 Å². The summed E-state index contributed by atoms with van der Waals surface area (Å²) in [5, 5.41) is 0. The number of nitrogens with zero attached hydrogens (tertiary/aromatic N) is 1. The van der Waals surface area contributed by atoms with Crippen molar-refractivity contribution in [3.05, 3.63) is 29.3 Å². The van der Waals surface area contributed by atoms with Crippen molar-refractivity contribution < 1.29 is 4.74 Å². The quantitative estimate of drug-likeness (QED) is 0.822. The molecule has 0 aromatic heterocycles. The Morgan fingerprint density at radius 3 is 2.37 bits per heavy atom. The monoisotopic (exact) mass is 264 g/mol. The van der Waals surface area contributed by atoms with Gasteiger partial charge in [0.1, 0.15) is 5.75 Å². The number of methoxy groups -OCH3 is 1. The first-order chi connectivity index (χ1) is 8.97. The van der Waals surface area contributed by atoms with Crippen LogP contribution in [0, 0.1) is 5.92 Å². The van der Waals surface area contributed by atoms with Crippen molar-refractivity contribution in [3.8, 4) is 5.75 Å². The van der Waals surface area contributed by atoms with Crippen molar-refractivity contribution in [1.29, 1.82) is 0 Å². The van der Waals surface area contributed by atoms with Crippen LogP contribution in [0.3, 0.4) is 0 Å². The first-order valence-electron chi connectivity index (χ1n) is 7.07. The van der Waals surface area contributed by atoms with Gasteiger partial charge in [0.2, 0.25) is 0 Å². The zero-order valence-corrected chi connectivity index (χ0v) is 12.9. The average molecular weight is 264 g/mol. The Hall–Kier alpha value is -1.06. The number of benzene rings is 1. The molecule has 1 aromatic rings. The molecule has 0 unspecified atom stereocenters. The van der Waals surface area contributed by atoms with Crippen LogP contribution in [0.2, 0.25) is 0 Å². The normalized spacial score (nSPS) is 11.6. The minimum Gasteiger partial charge on any atom is -0.496 e. The highest BCUT2D eigenvalue weighted by atomic mass is 16.5. The summed E-state index contributed by atoms with van der Waals surface area (Å²) in [6, 6.07) is 6.86. The maximum atomic E-state index is 5.77. The Kier molecular flexibility index (Phi) is 6.32. The van der Waals surface area contributed by atoms with Gasteiger partial charge in [0, 0.05) is 31.2 Å². The van der Waals surface area contributed by atoms with Crippen LogP contribution in [0.1, 0.15) is 38.8 Å². The van der Waals surface area contributed by atoms with E-state index >= 15 is 0 Å². The minimum absolute atomic E-state index is 0.517. The predicted octanol–water partition coefficient (Wildman–Crippen LogP) is 3.02. The van der Waals surface area contributed by atoms with Gasteiger partial charge in [-0.3, -0.25) is 4.90 Å². The van der Waals surface area contributed by atoms with Gasteiger partial charge in [-0.1, -0.05) is 19.9 Å². The fourth-order valence-corrected chi connectivity index (χ4v) is 2.25. The molecule has 0 radical (unpaired) electrons. The van der Waals surface area contributed by atoms with Crippen molar-refractivity contribution in [3.63, 3.8) is 0 Å². The van der Waals surface area contributed by atoms with Gasteiger partial charge in [0.15, 0.2) is 0 Å². The number of hydrogen-bond acceptors (Lipinski definition) is 3. The van der Waals surface area contributed by atoms with E-state index in [-0.39, 0.29) is 0 Å². The largest absolute Gasteiger partial charge is 0.496 e. The third-order valence-corrected chi connectivity index (χ3v) is 3.28. The van der Waals surface area contributed by atoms with Crippen LogP contribution in [0.15, 0.2) is 18.2 Å². The molecule has 108 valence electrons. The molecule has 0 fully saturated rings. The van der Waals surface area contributed by atoms with Gasteiger partial charge in [-0.15, -0.1) is 0 Å². The standard InChI is InChI=1S/C16H28N2O/c1-12(2)10-18(13(3)4)11-14-6-7-16(19-5)15(8-14)9-17/h6-8,12-13H,9-11,17H2,1-5H3. The summed E-state index contributed by atoms with van der Waals surface area (Å²) >= 11 is 0. The van der Waals surface area contributed by atoms with Gasteiger partial charge in [-0.05, 0) is 37.5 Å². The van der Waals surface area contributed by atoms with E-state index in [1.165, 1.54) is 5.56 Å². The molecule has 3 heteroatoms. The highest BCUT2D eigenvalue weighted by Crippen LogP contribution is 2.21. The molecule has 1 rings (SSSR count). The zero-order chi connectivity index (χ0) is 14.4. The Labute approximate surface area is 117 Å². The van der Waals surface area contributed by atoms with Gasteiger partial charge in [-0.2, -0.15) is 0 Å². The second-order valence-electron chi connectivity index (χ2n) is 5.77. The Balaban J connectivity index is 2.84. The van der Waals surface area contributed by atoms with E-state index in [2.05, 4.69) is 44.7 Å². The molecule has 3 nitrogen and oxygen atoms in total. The Morgan fingerprint density at radius 2 is 1.89 bits per heavy atom. The summed E-state index contributed by atoms with van der Waals surface area (Å²) in [6.07, 6.45) is 0. The van der Waals surface area contributed by atoms with Gasteiger partial charge in [-0.25, -0.2) is 0 Å². The first-order valence-corrected chi connectivity index (χ1v) is 7.07. The smallest absolute Gasteiger partial charge is 0.123 e. The van der Waals surface area contributed by atoms with E-state index in [1.54, 1.807) is 7.11 Å². The molecule has 0 amide bonds. The Bertz CT molecular complexity index is 388. The van der Waals surface area contributed by atoms with Crippen molar-refractivity contribution in [2.45, 2.75) is 46.8 Å². The third kappa shape index (κ3) is 4.84. The molecular weight excluding hydrogens is 236 g/mol. The molecule has 2 N–H and O–H groups in total. The summed E-state index contributed by atoms with van der Waals surface area (Å²) in [7, 11) is 1.69. The minimum atomic E-state index is 0.517. The topological polar surface area (TPSA) is 38.5 Å². The summed E-state index contributed by atoms with van der Waals surface area (Å²) in [6.45, 7) is 11.6. The molecule has 0 saturated heterocycles. The summed E-state index contributed by atoms with van der Waals surface area (Å²) in [4.78, 5) is 2.49. The summed E-state index contributed by atoms with van der Waals surface area (Å²) < 4.78 is 5.31. The molecule has 0 aliphatic rings. The van der Waals surface area contributed by atoms with Crippen molar-refractivity contribution in [2.75, 3.05) is 13.7 Å². The number of rotatable bonds is 7. The van der Waals surface area contributed by atoms with Gasteiger partial charge in [0.25, 0.3) is 0 Å². The maximum absolute atomic E-state index is 5.77. The fraction of sp³-hybridized carbons (Fsp3) is 0.625. The molecule has 0 spiro atoms. The second kappa shape index (κ2) is 7.51. The lowest BCUT2D eigenvalue weighted by molar-refractivity contribution is 0.189. The molecule has 19 heavy (non-hydrogen) atoms. The van der Waals surface area contributed by atoms with E-state index in [4.69, 9.17) is 10.5 Å². The van der Waals surface area contributed by atoms with E-state index in [0.717, 1.165) is 24.4 Å². The number of hydrogen-bond donors (Lipinski definition) is 1. The molecular formula is C16H28N2O. The van der Waals surface area contributed by atoms with Gasteiger partial charge >= 0.3 is 0 Å². The molecule has 0 saturated carbocycles. The lowest BCUT2D eigenvalue weighted by atomic mass is 10.1. The Morgan fingerprint density at radius 1 is 1.21 bits per heavy atom. The van der Waals surface area contributed by atoms with E-state index in [1.807, 2.05) is 6.07 Å². The SMILES string of the molecule is COc1ccc(CN(CC(C)C)C(C)C)cc1CN. The molecule has 1 aromatic carbocycles. The third-order valence-electron chi connectivity index (χ3n) is 3.28. The molecule has 0 bridgehead atoms. The van der Waals surface area contributed by atoms with E-state index in [0.29, 0.717) is 18.5 Å². The fourth-order valence-electron chi connectivity index (χ4n) is 2.25. The van der Waals surface area contributed by atoms with Crippen LogP contribution >= 0.6 is 0 Å². The molecule has 0 aliphatic heterocycles.